The van der Waals surface area contributed by atoms with Gasteiger partial charge >= 0.3 is 0 Å². The summed E-state index contributed by atoms with van der Waals surface area (Å²) in [5, 5.41) is 3.03. The number of carbonyl (C=O) groups excluding carboxylic acids is 1. The van der Waals surface area contributed by atoms with Crippen LogP contribution in [-0.4, -0.2) is 26.5 Å². The molecule has 0 saturated carbocycles. The normalized spacial score (nSPS) is 10.3. The lowest BCUT2D eigenvalue weighted by molar-refractivity contribution is -0.118. The van der Waals surface area contributed by atoms with Gasteiger partial charge in [0, 0.05) is 12.8 Å². The lowest BCUT2D eigenvalue weighted by atomic mass is 10.1. The highest BCUT2D eigenvalue weighted by molar-refractivity contribution is 9.10. The van der Waals surface area contributed by atoms with E-state index in [1.54, 1.807) is 7.11 Å². The van der Waals surface area contributed by atoms with Crippen molar-refractivity contribution in [3.8, 4) is 5.75 Å². The van der Waals surface area contributed by atoms with Gasteiger partial charge in [0.05, 0.1) is 11.6 Å². The zero-order valence-corrected chi connectivity index (χ0v) is 11.8. The number of nitrogens with one attached hydrogen (secondary N) is 1. The number of hydrogen-bond acceptors (Lipinski definition) is 3. The van der Waals surface area contributed by atoms with Crippen molar-refractivity contribution in [3.63, 3.8) is 0 Å². The summed E-state index contributed by atoms with van der Waals surface area (Å²) in [7, 11) is 3.52. The van der Waals surface area contributed by atoms with Crippen LogP contribution in [0.15, 0.2) is 22.7 Å². The average Bonchev–Trinajstić information content (AvgIpc) is 2.29. The molecule has 17 heavy (non-hydrogen) atoms. The van der Waals surface area contributed by atoms with Crippen LogP contribution in [0.3, 0.4) is 0 Å². The molecule has 0 bridgehead atoms. The number of rotatable bonds is 7. The van der Waals surface area contributed by atoms with Crippen LogP contribution in [0.2, 0.25) is 0 Å². The molecular weight excluding hydrogens is 282 g/mol. The van der Waals surface area contributed by atoms with E-state index in [-0.39, 0.29) is 5.78 Å². The maximum Gasteiger partial charge on any atom is 0.137 e. The molecule has 4 heteroatoms. The Hall–Kier alpha value is -0.870. The highest BCUT2D eigenvalue weighted by atomic mass is 79.9. The standard InChI is InChI=1S/C13H18BrNO2/c1-15-7-3-4-11(16)8-10-5-6-13(17-2)12(14)9-10/h5-6,9,15H,3-4,7-8H2,1-2H3. The molecule has 94 valence electrons. The summed E-state index contributed by atoms with van der Waals surface area (Å²) < 4.78 is 6.03. The number of ketones is 1. The van der Waals surface area contributed by atoms with E-state index in [0.717, 1.165) is 28.8 Å². The van der Waals surface area contributed by atoms with E-state index < -0.39 is 0 Å². The Morgan fingerprint density at radius 3 is 2.82 bits per heavy atom. The minimum absolute atomic E-state index is 0.275. The van der Waals surface area contributed by atoms with Gasteiger partial charge in [-0.25, -0.2) is 0 Å². The van der Waals surface area contributed by atoms with Crippen LogP contribution in [-0.2, 0) is 11.2 Å². The quantitative estimate of drug-likeness (QED) is 0.787. The SMILES string of the molecule is CNCCCC(=O)Cc1ccc(OC)c(Br)c1. The fourth-order valence-electron chi connectivity index (χ4n) is 1.60. The number of hydrogen-bond donors (Lipinski definition) is 1. The van der Waals surface area contributed by atoms with E-state index in [2.05, 4.69) is 21.2 Å². The third kappa shape index (κ3) is 4.88. The number of Topliss-reactive ketones (excluding diaryl/α,β-unsaturated/α-hetero) is 1. The van der Waals surface area contributed by atoms with Crippen LogP contribution in [0, 0.1) is 0 Å². The van der Waals surface area contributed by atoms with Crippen LogP contribution in [0.5, 0.6) is 5.75 Å². The van der Waals surface area contributed by atoms with Crippen molar-refractivity contribution in [1.82, 2.24) is 5.32 Å². The smallest absolute Gasteiger partial charge is 0.137 e. The summed E-state index contributed by atoms with van der Waals surface area (Å²) in [6.45, 7) is 0.887. The van der Waals surface area contributed by atoms with Crippen molar-refractivity contribution < 1.29 is 9.53 Å². The minimum atomic E-state index is 0.275. The highest BCUT2D eigenvalue weighted by Gasteiger charge is 2.06. The molecule has 1 aromatic carbocycles. The van der Waals surface area contributed by atoms with Gasteiger partial charge in [0.1, 0.15) is 11.5 Å². The zero-order valence-electron chi connectivity index (χ0n) is 10.3. The molecular formula is C13H18BrNO2. The average molecular weight is 300 g/mol. The van der Waals surface area contributed by atoms with Crippen LogP contribution in [0.4, 0.5) is 0 Å². The van der Waals surface area contributed by atoms with Crippen LogP contribution >= 0.6 is 15.9 Å². The number of ether oxygens (including phenoxy) is 1. The molecule has 0 aliphatic heterocycles. The van der Waals surface area contributed by atoms with Crippen molar-refractivity contribution >= 4 is 21.7 Å². The van der Waals surface area contributed by atoms with Crippen LogP contribution < -0.4 is 10.1 Å². The molecule has 3 nitrogen and oxygen atoms in total. The van der Waals surface area contributed by atoms with Gasteiger partial charge in [-0.3, -0.25) is 4.79 Å². The van der Waals surface area contributed by atoms with Gasteiger partial charge in [0.15, 0.2) is 0 Å². The molecule has 0 saturated heterocycles. The van der Waals surface area contributed by atoms with Crippen LogP contribution in [0.25, 0.3) is 0 Å². The summed E-state index contributed by atoms with van der Waals surface area (Å²) in [4.78, 5) is 11.7. The minimum Gasteiger partial charge on any atom is -0.496 e. The lowest BCUT2D eigenvalue weighted by Gasteiger charge is -2.06. The fraction of sp³-hybridized carbons (Fsp3) is 0.462. The van der Waals surface area contributed by atoms with Crippen molar-refractivity contribution in [1.29, 1.82) is 0 Å². The Labute approximate surface area is 111 Å². The number of benzene rings is 1. The first kappa shape index (κ1) is 14.2. The van der Waals surface area contributed by atoms with Gasteiger partial charge in [-0.1, -0.05) is 6.07 Å². The summed E-state index contributed by atoms with van der Waals surface area (Å²) >= 11 is 3.41. The van der Waals surface area contributed by atoms with Gasteiger partial charge in [-0.15, -0.1) is 0 Å². The van der Waals surface area contributed by atoms with Gasteiger partial charge < -0.3 is 10.1 Å². The summed E-state index contributed by atoms with van der Waals surface area (Å²) in [6.07, 6.45) is 2.02. The maximum atomic E-state index is 11.7. The second-order valence-corrected chi connectivity index (χ2v) is 4.75. The monoisotopic (exact) mass is 299 g/mol. The molecule has 1 aromatic rings. The Balaban J connectivity index is 2.51. The van der Waals surface area contributed by atoms with E-state index in [1.165, 1.54) is 0 Å². The van der Waals surface area contributed by atoms with E-state index in [4.69, 9.17) is 4.74 Å². The topological polar surface area (TPSA) is 38.3 Å². The van der Waals surface area contributed by atoms with Crippen molar-refractivity contribution in [2.75, 3.05) is 20.7 Å². The fourth-order valence-corrected chi connectivity index (χ4v) is 2.19. The van der Waals surface area contributed by atoms with Gasteiger partial charge in [0.25, 0.3) is 0 Å². The zero-order chi connectivity index (χ0) is 12.7. The number of carbonyl (C=O) groups is 1. The Bertz CT molecular complexity index is 380. The molecule has 0 spiro atoms. The van der Waals surface area contributed by atoms with Gasteiger partial charge in [0.2, 0.25) is 0 Å². The third-order valence-corrected chi connectivity index (χ3v) is 3.12. The Morgan fingerprint density at radius 2 is 2.24 bits per heavy atom. The summed E-state index contributed by atoms with van der Waals surface area (Å²) in [5.74, 6) is 1.06. The largest absolute Gasteiger partial charge is 0.496 e. The maximum absolute atomic E-state index is 11.7. The molecule has 0 amide bonds. The summed E-state index contributed by atoms with van der Waals surface area (Å²) in [6, 6.07) is 5.74. The molecule has 0 radical (unpaired) electrons. The molecule has 0 atom stereocenters. The van der Waals surface area contributed by atoms with Gasteiger partial charge in [-0.05, 0) is 53.6 Å². The van der Waals surface area contributed by atoms with Crippen molar-refractivity contribution in [3.05, 3.63) is 28.2 Å². The van der Waals surface area contributed by atoms with E-state index >= 15 is 0 Å². The van der Waals surface area contributed by atoms with Gasteiger partial charge in [-0.2, -0.15) is 0 Å². The number of methoxy groups -OCH3 is 1. The molecule has 0 heterocycles. The Kier molecular flexibility index (Phi) is 6.22. The molecule has 1 rings (SSSR count). The molecule has 0 unspecified atom stereocenters. The van der Waals surface area contributed by atoms with Crippen molar-refractivity contribution in [2.24, 2.45) is 0 Å². The predicted molar refractivity (Wildman–Crippen MR) is 72.6 cm³/mol. The number of halogens is 1. The van der Waals surface area contributed by atoms with E-state index in [0.29, 0.717) is 12.8 Å². The van der Waals surface area contributed by atoms with E-state index in [9.17, 15) is 4.79 Å². The lowest BCUT2D eigenvalue weighted by Crippen LogP contribution is -2.11. The molecule has 1 N–H and O–H groups in total. The van der Waals surface area contributed by atoms with Crippen molar-refractivity contribution in [2.45, 2.75) is 19.3 Å². The summed E-state index contributed by atoms with van der Waals surface area (Å²) in [5.41, 5.74) is 1.02. The van der Waals surface area contributed by atoms with Crippen LogP contribution in [0.1, 0.15) is 18.4 Å². The second-order valence-electron chi connectivity index (χ2n) is 3.89. The molecule has 0 aliphatic rings. The highest BCUT2D eigenvalue weighted by Crippen LogP contribution is 2.25. The molecule has 0 aromatic heterocycles. The second kappa shape index (κ2) is 7.45. The first-order valence-corrected chi connectivity index (χ1v) is 6.45. The molecule has 0 aliphatic carbocycles. The molecule has 0 fully saturated rings. The first-order chi connectivity index (χ1) is 8.17. The first-order valence-electron chi connectivity index (χ1n) is 5.66. The Morgan fingerprint density at radius 1 is 1.47 bits per heavy atom. The van der Waals surface area contributed by atoms with E-state index in [1.807, 2.05) is 25.2 Å². The third-order valence-electron chi connectivity index (χ3n) is 2.50. The predicted octanol–water partition coefficient (Wildman–Crippen LogP) is 2.57.